The summed E-state index contributed by atoms with van der Waals surface area (Å²) in [6.45, 7) is 1.81. The second-order valence-electron chi connectivity index (χ2n) is 16.2. The summed E-state index contributed by atoms with van der Waals surface area (Å²) >= 11 is 0. The molecule has 2 saturated heterocycles. The van der Waals surface area contributed by atoms with Crippen molar-refractivity contribution in [3.8, 4) is 23.0 Å². The van der Waals surface area contributed by atoms with Crippen LogP contribution in [0.15, 0.2) is 72.8 Å². The molecule has 2 N–H and O–H groups in total. The lowest BCUT2D eigenvalue weighted by Crippen LogP contribution is -2.64. The summed E-state index contributed by atoms with van der Waals surface area (Å²) in [4.78, 5) is 31.9. The molecule has 52 heavy (non-hydrogen) atoms. The molecule has 10 atom stereocenters. The van der Waals surface area contributed by atoms with E-state index >= 15 is 0 Å². The number of likely N-dealkylation sites (tertiary alicyclic amines) is 2. The number of benzene rings is 3. The molecule has 0 radical (unpaired) electrons. The minimum Gasteiger partial charge on any atom is -0.482 e. The Morgan fingerprint density at radius 1 is 0.654 bits per heavy atom. The highest BCUT2D eigenvalue weighted by Gasteiger charge is 2.65. The predicted octanol–water partition coefficient (Wildman–Crippen LogP) is 3.74. The lowest BCUT2D eigenvalue weighted by molar-refractivity contribution is -0.0453. The molecule has 11 rings (SSSR count). The fraction of sp³-hybridized carbons (Fsp3) is 0.429. The second-order valence-corrected chi connectivity index (χ2v) is 16.2. The first-order valence-electron chi connectivity index (χ1n) is 18.5. The number of ether oxygens (including phenoxy) is 4. The van der Waals surface area contributed by atoms with Crippen LogP contribution in [-0.2, 0) is 23.7 Å². The van der Waals surface area contributed by atoms with Crippen LogP contribution in [0.25, 0.3) is 0 Å². The Balaban J connectivity index is 0.848. The van der Waals surface area contributed by atoms with Crippen LogP contribution in [0.4, 0.5) is 0 Å². The summed E-state index contributed by atoms with van der Waals surface area (Å²) in [6.07, 6.45) is 9.11. The molecule has 2 spiro atoms. The quantitative estimate of drug-likeness (QED) is 0.237. The van der Waals surface area contributed by atoms with Crippen molar-refractivity contribution in [3.05, 3.63) is 106 Å². The van der Waals surface area contributed by atoms with Crippen LogP contribution in [0.2, 0.25) is 0 Å². The minimum absolute atomic E-state index is 0.208. The lowest BCUT2D eigenvalue weighted by Gasteiger charge is -2.56. The van der Waals surface area contributed by atoms with Crippen molar-refractivity contribution >= 4 is 11.9 Å². The van der Waals surface area contributed by atoms with E-state index in [-0.39, 0.29) is 33.8 Å². The van der Waals surface area contributed by atoms with Gasteiger partial charge in [-0.25, -0.2) is 9.59 Å². The summed E-state index contributed by atoms with van der Waals surface area (Å²) < 4.78 is 25.0. The van der Waals surface area contributed by atoms with E-state index in [1.54, 1.807) is 36.4 Å². The van der Waals surface area contributed by atoms with Crippen LogP contribution in [0.3, 0.4) is 0 Å². The van der Waals surface area contributed by atoms with Gasteiger partial charge in [0.1, 0.15) is 24.4 Å². The monoisotopic (exact) mass is 700 g/mol. The number of likely N-dealkylation sites (N-methyl/N-ethyl adjacent to an activating group) is 2. The van der Waals surface area contributed by atoms with Gasteiger partial charge in [-0.05, 0) is 100 Å². The first kappa shape index (κ1) is 31.1. The van der Waals surface area contributed by atoms with E-state index in [2.05, 4.69) is 36.0 Å². The molecule has 2 fully saturated rings. The zero-order chi connectivity index (χ0) is 35.3. The maximum absolute atomic E-state index is 13.5. The van der Waals surface area contributed by atoms with Gasteiger partial charge < -0.3 is 39.0 Å². The summed E-state index contributed by atoms with van der Waals surface area (Å²) in [5.74, 6) is 1.05. The molecule has 10 heteroatoms. The maximum Gasteiger partial charge on any atom is 0.343 e. The first-order valence-corrected chi connectivity index (χ1v) is 18.5. The minimum atomic E-state index is -0.747. The van der Waals surface area contributed by atoms with Crippen LogP contribution in [-0.4, -0.2) is 95.6 Å². The third-order valence-corrected chi connectivity index (χ3v) is 14.0. The smallest absolute Gasteiger partial charge is 0.343 e. The van der Waals surface area contributed by atoms with E-state index in [1.165, 1.54) is 11.1 Å². The van der Waals surface area contributed by atoms with Crippen molar-refractivity contribution < 1.29 is 38.7 Å². The fourth-order valence-electron chi connectivity index (χ4n) is 11.7. The zero-order valence-corrected chi connectivity index (χ0v) is 29.0. The van der Waals surface area contributed by atoms with Gasteiger partial charge in [-0.3, -0.25) is 0 Å². The molecule has 4 heterocycles. The third-order valence-electron chi connectivity index (χ3n) is 14.0. The molecule has 4 unspecified atom stereocenters. The highest BCUT2D eigenvalue weighted by molar-refractivity contribution is 5.95. The molecule has 266 valence electrons. The Kier molecular flexibility index (Phi) is 6.31. The van der Waals surface area contributed by atoms with Crippen molar-refractivity contribution in [1.82, 2.24) is 9.80 Å². The number of carbonyl (C=O) groups is 2. The Labute approximate surface area is 301 Å². The summed E-state index contributed by atoms with van der Waals surface area (Å²) in [7, 11) is 4.33. The van der Waals surface area contributed by atoms with Crippen molar-refractivity contribution in [2.24, 2.45) is 11.8 Å². The number of nitrogens with zero attached hydrogens (tertiary/aromatic N) is 2. The van der Waals surface area contributed by atoms with Crippen LogP contribution < -0.4 is 18.9 Å². The zero-order valence-electron chi connectivity index (χ0n) is 29.0. The number of aliphatic hydroxyl groups excluding tert-OH is 2. The van der Waals surface area contributed by atoms with E-state index < -0.39 is 36.4 Å². The molecule has 0 amide bonds. The molecule has 8 aliphatic rings. The second kappa shape index (κ2) is 10.6. The van der Waals surface area contributed by atoms with Crippen LogP contribution in [0.1, 0.15) is 55.8 Å². The standard InChI is InChI=1S/C42H40N2O8/c1-43-17-15-41-25-9-11-29(45)37(41)51-35-31(13-7-23(33(35)41)19-27(25)43)49-39(47)21-3-5-22(6-4-21)40(48)50-32-14-8-24-20-28-26-10-12-30(46)38-42(26,16-18-44(28)2)34(24)36(32)52-38/h3-14,25-30,37-38,45-46H,15-20H2,1-2H3/t25?,26?,27-,28-,29?,30?,37+,38+,41+,42+/m1/s1. The molecule has 4 bridgehead atoms. The summed E-state index contributed by atoms with van der Waals surface area (Å²) in [5.41, 5.74) is 4.35. The highest BCUT2D eigenvalue weighted by Crippen LogP contribution is 2.64. The van der Waals surface area contributed by atoms with Crippen molar-refractivity contribution in [3.63, 3.8) is 0 Å². The van der Waals surface area contributed by atoms with Gasteiger partial charge in [-0.2, -0.15) is 0 Å². The molecular formula is C42H40N2O8. The molecule has 0 aromatic heterocycles. The van der Waals surface area contributed by atoms with Gasteiger partial charge in [-0.15, -0.1) is 0 Å². The van der Waals surface area contributed by atoms with Gasteiger partial charge in [0.05, 0.1) is 11.1 Å². The van der Waals surface area contributed by atoms with Gasteiger partial charge in [-0.1, -0.05) is 36.4 Å². The summed E-state index contributed by atoms with van der Waals surface area (Å²) in [5, 5.41) is 22.1. The Hall–Kier alpha value is -4.48. The Bertz CT molecular complexity index is 2000. The fourth-order valence-corrected chi connectivity index (χ4v) is 11.7. The molecule has 4 aliphatic carbocycles. The first-order chi connectivity index (χ1) is 25.2. The van der Waals surface area contributed by atoms with Gasteiger partial charge >= 0.3 is 11.9 Å². The largest absolute Gasteiger partial charge is 0.482 e. The Morgan fingerprint density at radius 3 is 1.50 bits per heavy atom. The topological polar surface area (TPSA) is 118 Å². The van der Waals surface area contributed by atoms with Gasteiger partial charge in [0.25, 0.3) is 0 Å². The summed E-state index contributed by atoms with van der Waals surface area (Å²) in [6, 6.07) is 14.5. The number of piperidine rings is 2. The number of carbonyl (C=O) groups excluding carboxylic acids is 2. The van der Waals surface area contributed by atoms with Crippen molar-refractivity contribution in [2.45, 2.75) is 73.0 Å². The van der Waals surface area contributed by atoms with E-state index in [1.807, 2.05) is 24.3 Å². The molecular weight excluding hydrogens is 660 g/mol. The number of rotatable bonds is 4. The van der Waals surface area contributed by atoms with E-state index in [4.69, 9.17) is 18.9 Å². The van der Waals surface area contributed by atoms with Crippen LogP contribution in [0, 0.1) is 11.8 Å². The molecule has 0 saturated carbocycles. The highest BCUT2D eigenvalue weighted by atomic mass is 16.6. The number of aliphatic hydroxyl groups is 2. The lowest BCUT2D eigenvalue weighted by atomic mass is 9.53. The van der Waals surface area contributed by atoms with Gasteiger partial charge in [0.15, 0.2) is 23.0 Å². The Morgan fingerprint density at radius 2 is 1.08 bits per heavy atom. The van der Waals surface area contributed by atoms with Gasteiger partial charge in [0, 0.05) is 45.9 Å². The average Bonchev–Trinajstić information content (AvgIpc) is 3.69. The molecule has 3 aromatic carbocycles. The number of hydrogen-bond acceptors (Lipinski definition) is 10. The average molecular weight is 701 g/mol. The maximum atomic E-state index is 13.5. The van der Waals surface area contributed by atoms with Crippen molar-refractivity contribution in [1.29, 1.82) is 0 Å². The van der Waals surface area contributed by atoms with Gasteiger partial charge in [0.2, 0.25) is 0 Å². The van der Waals surface area contributed by atoms with Crippen LogP contribution in [0.5, 0.6) is 23.0 Å². The number of esters is 2. The third kappa shape index (κ3) is 3.83. The van der Waals surface area contributed by atoms with Crippen molar-refractivity contribution in [2.75, 3.05) is 27.2 Å². The van der Waals surface area contributed by atoms with E-state index in [0.717, 1.165) is 49.9 Å². The van der Waals surface area contributed by atoms with E-state index in [0.29, 0.717) is 35.1 Å². The SMILES string of the molecule is CN1CC[C@]23c4c5ccc(OC(=O)c6ccc(C(=O)Oc7ccc8c9c7O[C@H]7C(O)C=CC%10[C@@H](C8)N(C)CC[C@@]9%107)cc6)c4O[C@H]2C(O)C=CC3[C@H]1C5. The molecule has 4 aliphatic heterocycles. The normalized spacial score (nSPS) is 36.7. The predicted molar refractivity (Wildman–Crippen MR) is 188 cm³/mol. The molecule has 10 nitrogen and oxygen atoms in total. The number of hydrogen-bond donors (Lipinski definition) is 2. The van der Waals surface area contributed by atoms with E-state index in [9.17, 15) is 19.8 Å². The van der Waals surface area contributed by atoms with Crippen LogP contribution >= 0.6 is 0 Å². The molecule has 3 aromatic rings.